The van der Waals surface area contributed by atoms with Crippen LogP contribution in [0.4, 0.5) is 0 Å². The number of aliphatic hydroxyl groups excluding tert-OH is 1. The predicted octanol–water partition coefficient (Wildman–Crippen LogP) is 2.60. The lowest BCUT2D eigenvalue weighted by molar-refractivity contribution is -0.485. The summed E-state index contributed by atoms with van der Waals surface area (Å²) in [5.74, 6) is -2.43. The van der Waals surface area contributed by atoms with Crippen molar-refractivity contribution in [3.05, 3.63) is 48.0 Å². The van der Waals surface area contributed by atoms with E-state index in [4.69, 9.17) is 33.2 Å². The van der Waals surface area contributed by atoms with Gasteiger partial charge < -0.3 is 38.3 Å². The first kappa shape index (κ1) is 23.5. The van der Waals surface area contributed by atoms with E-state index in [-0.39, 0.29) is 6.61 Å². The van der Waals surface area contributed by atoms with E-state index in [1.807, 2.05) is 18.2 Å². The van der Waals surface area contributed by atoms with E-state index in [0.717, 1.165) is 16.3 Å². The maximum atomic E-state index is 10.0. The molecule has 2 aliphatic rings. The van der Waals surface area contributed by atoms with E-state index in [2.05, 4.69) is 24.3 Å². The van der Waals surface area contributed by atoms with E-state index < -0.39 is 42.3 Å². The Bertz CT molecular complexity index is 922. The van der Waals surface area contributed by atoms with Crippen LogP contribution in [0.3, 0.4) is 0 Å². The zero-order valence-electron chi connectivity index (χ0n) is 19.1. The van der Waals surface area contributed by atoms with Crippen molar-refractivity contribution in [1.29, 1.82) is 0 Å². The van der Waals surface area contributed by atoms with Crippen LogP contribution in [0.15, 0.2) is 42.5 Å². The molecule has 32 heavy (non-hydrogen) atoms. The average Bonchev–Trinajstić information content (AvgIpc) is 2.83. The van der Waals surface area contributed by atoms with Crippen molar-refractivity contribution in [1.82, 2.24) is 0 Å². The van der Waals surface area contributed by atoms with E-state index in [1.165, 1.54) is 21.3 Å². The van der Waals surface area contributed by atoms with Crippen LogP contribution in [0.2, 0.25) is 0 Å². The van der Waals surface area contributed by atoms with E-state index >= 15 is 0 Å². The molecular weight excluding hydrogens is 416 g/mol. The minimum Gasteiger partial charge on any atom is -0.394 e. The van der Waals surface area contributed by atoms with Crippen LogP contribution in [0.1, 0.15) is 19.4 Å². The van der Waals surface area contributed by atoms with Crippen LogP contribution in [-0.4, -0.2) is 75.3 Å². The smallest absolute Gasteiger partial charge is 0.220 e. The molecule has 0 radical (unpaired) electrons. The summed E-state index contributed by atoms with van der Waals surface area (Å²) in [4.78, 5) is 0. The highest BCUT2D eigenvalue weighted by molar-refractivity contribution is 5.82. The van der Waals surface area contributed by atoms with Gasteiger partial charge in [0, 0.05) is 21.3 Å². The van der Waals surface area contributed by atoms with Crippen molar-refractivity contribution in [2.24, 2.45) is 0 Å². The fraction of sp³-hybridized carbons (Fsp3) is 0.583. The van der Waals surface area contributed by atoms with Gasteiger partial charge in [-0.1, -0.05) is 36.4 Å². The zero-order chi connectivity index (χ0) is 22.9. The predicted molar refractivity (Wildman–Crippen MR) is 116 cm³/mol. The standard InChI is InChI=1S/C24H32O8/c1-23(27-4)24(2,28-5)32-21-20(31-23)19(18(13-25)30-22(21)26-3)29-14-15-10-11-16-8-6-7-9-17(16)12-15/h6-12,18-22,25H,13-14H2,1-5H3/t18-,19-,20+,21-,22+,23-,24-/m1/s1. The Morgan fingerprint density at radius 3 is 2.19 bits per heavy atom. The van der Waals surface area contributed by atoms with Crippen LogP contribution in [0.25, 0.3) is 10.8 Å². The van der Waals surface area contributed by atoms with Gasteiger partial charge in [-0.25, -0.2) is 0 Å². The van der Waals surface area contributed by atoms with Gasteiger partial charge in [-0.05, 0) is 36.2 Å². The molecule has 0 aromatic heterocycles. The van der Waals surface area contributed by atoms with Crippen LogP contribution in [0.5, 0.6) is 0 Å². The molecule has 2 fully saturated rings. The molecule has 2 aromatic carbocycles. The topological polar surface area (TPSA) is 84.8 Å². The molecule has 7 atom stereocenters. The lowest BCUT2D eigenvalue weighted by Gasteiger charge is -2.56. The fourth-order valence-corrected chi connectivity index (χ4v) is 4.40. The average molecular weight is 449 g/mol. The van der Waals surface area contributed by atoms with Crippen molar-refractivity contribution in [3.8, 4) is 0 Å². The molecule has 176 valence electrons. The minimum absolute atomic E-state index is 0.264. The normalized spacial score (nSPS) is 37.4. The molecule has 2 aliphatic heterocycles. The van der Waals surface area contributed by atoms with E-state index in [1.54, 1.807) is 13.8 Å². The van der Waals surface area contributed by atoms with Gasteiger partial charge in [-0.15, -0.1) is 0 Å². The van der Waals surface area contributed by atoms with Crippen LogP contribution in [0, 0.1) is 0 Å². The molecule has 2 aromatic rings. The molecule has 0 unspecified atom stereocenters. The second kappa shape index (κ2) is 9.32. The number of ether oxygens (including phenoxy) is 7. The lowest BCUT2D eigenvalue weighted by atomic mass is 9.94. The fourth-order valence-electron chi connectivity index (χ4n) is 4.40. The van der Waals surface area contributed by atoms with Gasteiger partial charge in [-0.2, -0.15) is 0 Å². The number of aliphatic hydroxyl groups is 1. The SMILES string of the molecule is CO[C@H]1O[C@H](CO)[C@@H](OCc2ccc3ccccc3c2)[C@@H]2O[C@@](C)(OC)[C@](C)(OC)O[C@@H]12. The van der Waals surface area contributed by atoms with Gasteiger partial charge in [0.2, 0.25) is 11.6 Å². The van der Waals surface area contributed by atoms with Gasteiger partial charge in [0.15, 0.2) is 6.29 Å². The summed E-state index contributed by atoms with van der Waals surface area (Å²) in [6.07, 6.45) is -3.34. The van der Waals surface area contributed by atoms with E-state index in [9.17, 15) is 5.11 Å². The lowest BCUT2D eigenvalue weighted by Crippen LogP contribution is -2.73. The molecule has 2 saturated heterocycles. The Morgan fingerprint density at radius 1 is 0.906 bits per heavy atom. The maximum absolute atomic E-state index is 10.0. The molecule has 8 heteroatoms. The molecule has 0 spiro atoms. The Kier molecular flexibility index (Phi) is 6.86. The highest BCUT2D eigenvalue weighted by atomic mass is 16.8. The number of hydrogen-bond donors (Lipinski definition) is 1. The Labute approximate surface area is 188 Å². The van der Waals surface area contributed by atoms with Crippen LogP contribution < -0.4 is 0 Å². The first-order valence-electron chi connectivity index (χ1n) is 10.7. The largest absolute Gasteiger partial charge is 0.394 e. The molecular formula is C24H32O8. The molecule has 8 nitrogen and oxygen atoms in total. The molecule has 0 bridgehead atoms. The van der Waals surface area contributed by atoms with Crippen molar-refractivity contribution in [2.75, 3.05) is 27.9 Å². The summed E-state index contributed by atoms with van der Waals surface area (Å²) in [5, 5.41) is 12.3. The van der Waals surface area contributed by atoms with Gasteiger partial charge in [0.05, 0.1) is 13.2 Å². The van der Waals surface area contributed by atoms with Crippen molar-refractivity contribution in [2.45, 2.75) is 62.7 Å². The summed E-state index contributed by atoms with van der Waals surface area (Å²) in [6.45, 7) is 3.53. The van der Waals surface area contributed by atoms with Gasteiger partial charge in [0.1, 0.15) is 24.4 Å². The molecule has 0 saturated carbocycles. The number of benzene rings is 2. The summed E-state index contributed by atoms with van der Waals surface area (Å²) in [5.41, 5.74) is 0.999. The first-order chi connectivity index (χ1) is 15.4. The summed E-state index contributed by atoms with van der Waals surface area (Å²) in [6, 6.07) is 14.3. The summed E-state index contributed by atoms with van der Waals surface area (Å²) < 4.78 is 41.7. The second-order valence-corrected chi connectivity index (χ2v) is 8.38. The van der Waals surface area contributed by atoms with Crippen LogP contribution in [-0.2, 0) is 39.8 Å². The number of hydrogen-bond acceptors (Lipinski definition) is 8. The number of rotatable bonds is 7. The Hall–Kier alpha value is -1.62. The molecule has 0 aliphatic carbocycles. The van der Waals surface area contributed by atoms with Crippen molar-refractivity contribution in [3.63, 3.8) is 0 Å². The number of fused-ring (bicyclic) bond motifs is 2. The number of methoxy groups -OCH3 is 3. The third-order valence-corrected chi connectivity index (χ3v) is 6.59. The van der Waals surface area contributed by atoms with Crippen molar-refractivity contribution < 1.29 is 38.3 Å². The van der Waals surface area contributed by atoms with Gasteiger partial charge in [0.25, 0.3) is 0 Å². The van der Waals surface area contributed by atoms with Gasteiger partial charge in [-0.3, -0.25) is 0 Å². The summed E-state index contributed by atoms with van der Waals surface area (Å²) in [7, 11) is 4.57. The molecule has 4 rings (SSSR count). The third kappa shape index (κ3) is 4.06. The Morgan fingerprint density at radius 2 is 1.56 bits per heavy atom. The second-order valence-electron chi connectivity index (χ2n) is 8.38. The Balaban J connectivity index is 1.60. The highest BCUT2D eigenvalue weighted by Gasteiger charge is 2.62. The van der Waals surface area contributed by atoms with Gasteiger partial charge >= 0.3 is 0 Å². The minimum atomic E-state index is -1.22. The summed E-state index contributed by atoms with van der Waals surface area (Å²) >= 11 is 0. The molecule has 0 amide bonds. The van der Waals surface area contributed by atoms with E-state index in [0.29, 0.717) is 6.61 Å². The molecule has 1 N–H and O–H groups in total. The first-order valence-corrected chi connectivity index (χ1v) is 10.7. The monoisotopic (exact) mass is 448 g/mol. The third-order valence-electron chi connectivity index (χ3n) is 6.59. The zero-order valence-corrected chi connectivity index (χ0v) is 19.1. The highest BCUT2D eigenvalue weighted by Crippen LogP contribution is 2.44. The van der Waals surface area contributed by atoms with Crippen LogP contribution >= 0.6 is 0 Å². The molecule has 2 heterocycles. The maximum Gasteiger partial charge on any atom is 0.220 e. The van der Waals surface area contributed by atoms with Crippen molar-refractivity contribution >= 4 is 10.8 Å². The quantitative estimate of drug-likeness (QED) is 0.692.